The van der Waals surface area contributed by atoms with Gasteiger partial charge in [0.25, 0.3) is 5.91 Å². The van der Waals surface area contributed by atoms with Crippen LogP contribution in [-0.4, -0.2) is 22.2 Å². The summed E-state index contributed by atoms with van der Waals surface area (Å²) in [5, 5.41) is 7.03. The first-order valence-corrected chi connectivity index (χ1v) is 6.19. The van der Waals surface area contributed by atoms with Crippen molar-refractivity contribution in [2.75, 3.05) is 6.54 Å². The Morgan fingerprint density at radius 1 is 1.33 bits per heavy atom. The van der Waals surface area contributed by atoms with Crippen LogP contribution in [-0.2, 0) is 0 Å². The van der Waals surface area contributed by atoms with E-state index in [1.165, 1.54) is 0 Å². The van der Waals surface area contributed by atoms with Crippen LogP contribution in [0.15, 0.2) is 42.7 Å². The maximum atomic E-state index is 11.8. The van der Waals surface area contributed by atoms with Gasteiger partial charge in [-0.05, 0) is 36.8 Å². The minimum atomic E-state index is -0.0181. The third-order valence-corrected chi connectivity index (χ3v) is 2.71. The summed E-state index contributed by atoms with van der Waals surface area (Å²) in [6, 6.07) is 9.28. The van der Waals surface area contributed by atoms with Crippen molar-refractivity contribution in [3.05, 3.63) is 48.3 Å². The fourth-order valence-electron chi connectivity index (χ4n) is 1.67. The standard InChI is InChI=1S/C14H17N3O/c1-2-3-9-15-14(18)12-5-7-13(8-6-12)17-11-4-10-16-17/h4-8,10-11H,2-3,9H2,1H3,(H,15,18). The molecule has 0 bridgehead atoms. The van der Waals surface area contributed by atoms with Crippen LogP contribution in [0.5, 0.6) is 0 Å². The molecule has 1 aromatic carbocycles. The fourth-order valence-corrected chi connectivity index (χ4v) is 1.67. The highest BCUT2D eigenvalue weighted by molar-refractivity contribution is 5.94. The molecule has 18 heavy (non-hydrogen) atoms. The lowest BCUT2D eigenvalue weighted by Gasteiger charge is -2.05. The predicted octanol–water partition coefficient (Wildman–Crippen LogP) is 2.40. The molecule has 0 aliphatic carbocycles. The monoisotopic (exact) mass is 243 g/mol. The number of benzene rings is 1. The lowest BCUT2D eigenvalue weighted by molar-refractivity contribution is 0.0953. The van der Waals surface area contributed by atoms with Crippen molar-refractivity contribution in [2.45, 2.75) is 19.8 Å². The van der Waals surface area contributed by atoms with E-state index in [4.69, 9.17) is 0 Å². The van der Waals surface area contributed by atoms with E-state index >= 15 is 0 Å². The van der Waals surface area contributed by atoms with Crippen LogP contribution >= 0.6 is 0 Å². The van der Waals surface area contributed by atoms with Gasteiger partial charge in [-0.1, -0.05) is 13.3 Å². The lowest BCUT2D eigenvalue weighted by Crippen LogP contribution is -2.24. The van der Waals surface area contributed by atoms with Crippen molar-refractivity contribution < 1.29 is 4.79 Å². The quantitative estimate of drug-likeness (QED) is 0.820. The molecular weight excluding hydrogens is 226 g/mol. The average molecular weight is 243 g/mol. The van der Waals surface area contributed by atoms with Crippen molar-refractivity contribution in [2.24, 2.45) is 0 Å². The van der Waals surface area contributed by atoms with Gasteiger partial charge in [0.1, 0.15) is 0 Å². The Morgan fingerprint density at radius 3 is 2.72 bits per heavy atom. The average Bonchev–Trinajstić information content (AvgIpc) is 2.93. The zero-order chi connectivity index (χ0) is 12.8. The number of hydrogen-bond donors (Lipinski definition) is 1. The number of hydrogen-bond acceptors (Lipinski definition) is 2. The summed E-state index contributed by atoms with van der Waals surface area (Å²) in [5.41, 5.74) is 1.63. The highest BCUT2D eigenvalue weighted by atomic mass is 16.1. The van der Waals surface area contributed by atoms with Gasteiger partial charge < -0.3 is 5.32 Å². The van der Waals surface area contributed by atoms with Crippen LogP contribution in [0.25, 0.3) is 5.69 Å². The Morgan fingerprint density at radius 2 is 2.11 bits per heavy atom. The van der Waals surface area contributed by atoms with Crippen LogP contribution in [0.1, 0.15) is 30.1 Å². The molecule has 4 heteroatoms. The highest BCUT2D eigenvalue weighted by Gasteiger charge is 2.04. The van der Waals surface area contributed by atoms with Gasteiger partial charge in [0.15, 0.2) is 0 Å². The maximum absolute atomic E-state index is 11.8. The minimum Gasteiger partial charge on any atom is -0.352 e. The van der Waals surface area contributed by atoms with Gasteiger partial charge in [0.05, 0.1) is 5.69 Å². The molecule has 0 saturated carbocycles. The molecule has 0 aliphatic rings. The van der Waals surface area contributed by atoms with E-state index in [0.29, 0.717) is 5.56 Å². The van der Waals surface area contributed by atoms with Crippen molar-refractivity contribution >= 4 is 5.91 Å². The maximum Gasteiger partial charge on any atom is 0.251 e. The largest absolute Gasteiger partial charge is 0.352 e. The summed E-state index contributed by atoms with van der Waals surface area (Å²) in [6.45, 7) is 2.83. The molecule has 0 fully saturated rings. The predicted molar refractivity (Wildman–Crippen MR) is 70.8 cm³/mol. The summed E-state index contributed by atoms with van der Waals surface area (Å²) in [4.78, 5) is 11.8. The van der Waals surface area contributed by atoms with E-state index in [2.05, 4.69) is 17.3 Å². The van der Waals surface area contributed by atoms with E-state index in [0.717, 1.165) is 25.1 Å². The molecule has 0 unspecified atom stereocenters. The summed E-state index contributed by atoms with van der Waals surface area (Å²) in [7, 11) is 0. The van der Waals surface area contributed by atoms with Crippen molar-refractivity contribution in [1.82, 2.24) is 15.1 Å². The lowest BCUT2D eigenvalue weighted by atomic mass is 10.2. The van der Waals surface area contributed by atoms with E-state index in [1.807, 2.05) is 36.5 Å². The Bertz CT molecular complexity index is 488. The second-order valence-electron chi connectivity index (χ2n) is 4.11. The Labute approximate surface area is 107 Å². The van der Waals surface area contributed by atoms with Crippen LogP contribution in [0.4, 0.5) is 0 Å². The Balaban J connectivity index is 2.01. The molecule has 1 N–H and O–H groups in total. The number of rotatable bonds is 5. The number of nitrogens with zero attached hydrogens (tertiary/aromatic N) is 2. The second kappa shape index (κ2) is 6.00. The molecule has 94 valence electrons. The van der Waals surface area contributed by atoms with Crippen LogP contribution in [0.2, 0.25) is 0 Å². The van der Waals surface area contributed by atoms with Gasteiger partial charge in [-0.25, -0.2) is 4.68 Å². The highest BCUT2D eigenvalue weighted by Crippen LogP contribution is 2.08. The molecule has 0 saturated heterocycles. The molecule has 1 heterocycles. The second-order valence-corrected chi connectivity index (χ2v) is 4.11. The molecule has 0 aliphatic heterocycles. The van der Waals surface area contributed by atoms with Crippen LogP contribution in [0.3, 0.4) is 0 Å². The SMILES string of the molecule is CCCCNC(=O)c1ccc(-n2cccn2)cc1. The van der Waals surface area contributed by atoms with Crippen LogP contribution < -0.4 is 5.32 Å². The van der Waals surface area contributed by atoms with Crippen molar-refractivity contribution in [3.8, 4) is 5.69 Å². The van der Waals surface area contributed by atoms with Crippen molar-refractivity contribution in [3.63, 3.8) is 0 Å². The normalized spacial score (nSPS) is 10.3. The van der Waals surface area contributed by atoms with E-state index in [-0.39, 0.29) is 5.91 Å². The molecule has 2 aromatic rings. The Kier molecular flexibility index (Phi) is 4.12. The summed E-state index contributed by atoms with van der Waals surface area (Å²) < 4.78 is 1.76. The molecular formula is C14H17N3O. The minimum absolute atomic E-state index is 0.0181. The summed E-state index contributed by atoms with van der Waals surface area (Å²) in [6.07, 6.45) is 5.69. The number of aromatic nitrogens is 2. The topological polar surface area (TPSA) is 46.9 Å². The van der Waals surface area contributed by atoms with Gasteiger partial charge in [0.2, 0.25) is 0 Å². The molecule has 0 spiro atoms. The number of carbonyl (C=O) groups is 1. The summed E-state index contributed by atoms with van der Waals surface area (Å²) >= 11 is 0. The number of unbranched alkanes of at least 4 members (excludes halogenated alkanes) is 1. The fraction of sp³-hybridized carbons (Fsp3) is 0.286. The van der Waals surface area contributed by atoms with Gasteiger partial charge in [0, 0.05) is 24.5 Å². The van der Waals surface area contributed by atoms with E-state index in [1.54, 1.807) is 10.9 Å². The molecule has 0 radical (unpaired) electrons. The molecule has 2 rings (SSSR count). The first-order chi connectivity index (χ1) is 8.81. The number of amides is 1. The third kappa shape index (κ3) is 2.97. The molecule has 1 amide bonds. The zero-order valence-electron chi connectivity index (χ0n) is 10.5. The number of carbonyl (C=O) groups excluding carboxylic acids is 1. The Hall–Kier alpha value is -2.10. The molecule has 4 nitrogen and oxygen atoms in total. The zero-order valence-corrected chi connectivity index (χ0v) is 10.5. The van der Waals surface area contributed by atoms with Gasteiger partial charge in [-0.2, -0.15) is 5.10 Å². The summed E-state index contributed by atoms with van der Waals surface area (Å²) in [5.74, 6) is -0.0181. The first-order valence-electron chi connectivity index (χ1n) is 6.19. The van der Waals surface area contributed by atoms with Gasteiger partial charge in [-0.3, -0.25) is 4.79 Å². The smallest absolute Gasteiger partial charge is 0.251 e. The molecule has 0 atom stereocenters. The van der Waals surface area contributed by atoms with Gasteiger partial charge >= 0.3 is 0 Å². The molecule has 1 aromatic heterocycles. The van der Waals surface area contributed by atoms with Crippen molar-refractivity contribution in [1.29, 1.82) is 0 Å². The number of nitrogens with one attached hydrogen (secondary N) is 1. The van der Waals surface area contributed by atoms with Gasteiger partial charge in [-0.15, -0.1) is 0 Å². The van der Waals surface area contributed by atoms with Crippen LogP contribution in [0, 0.1) is 0 Å². The van der Waals surface area contributed by atoms with E-state index in [9.17, 15) is 4.79 Å². The third-order valence-electron chi connectivity index (χ3n) is 2.71. The van der Waals surface area contributed by atoms with E-state index < -0.39 is 0 Å². The first kappa shape index (κ1) is 12.4.